The molecule has 0 fully saturated rings. The number of halogens is 3. The monoisotopic (exact) mass is 648 g/mol. The molecule has 4 aromatic rings. The number of non-ortho nitro benzene ring substituents is 1. The molecule has 1 aromatic heterocycles. The number of aromatic nitrogens is 2. The maximum absolute atomic E-state index is 13.0. The largest absolute Gasteiger partial charge is 0.490 e. The van der Waals surface area contributed by atoms with E-state index < -0.39 is 4.92 Å². The van der Waals surface area contributed by atoms with Crippen LogP contribution in [0.1, 0.15) is 23.9 Å². The SMILES string of the molecule is CCOc1cc(C=Nn2c(C)nc3ccc(Br)cc3c2=O)c(Br)c(Cl)c1OCc1cccc([N+](=O)[O-])c1. The van der Waals surface area contributed by atoms with Crippen molar-refractivity contribution in [3.8, 4) is 11.5 Å². The number of nitrogens with zero attached hydrogens (tertiary/aromatic N) is 4. The summed E-state index contributed by atoms with van der Waals surface area (Å²) in [6, 6.07) is 13.1. The molecule has 12 heteroatoms. The summed E-state index contributed by atoms with van der Waals surface area (Å²) in [4.78, 5) is 28.1. The van der Waals surface area contributed by atoms with Gasteiger partial charge in [0, 0.05) is 26.6 Å². The van der Waals surface area contributed by atoms with Crippen molar-refractivity contribution in [2.24, 2.45) is 5.10 Å². The highest BCUT2D eigenvalue weighted by atomic mass is 79.9. The quantitative estimate of drug-likeness (QED) is 0.120. The summed E-state index contributed by atoms with van der Waals surface area (Å²) in [6.45, 7) is 3.88. The van der Waals surface area contributed by atoms with Gasteiger partial charge in [-0.1, -0.05) is 39.7 Å². The van der Waals surface area contributed by atoms with Crippen LogP contribution in [0.5, 0.6) is 11.5 Å². The zero-order valence-electron chi connectivity index (χ0n) is 19.6. The maximum Gasteiger partial charge on any atom is 0.282 e. The molecule has 0 unspecified atom stereocenters. The van der Waals surface area contributed by atoms with Crippen LogP contribution in [0.2, 0.25) is 5.02 Å². The van der Waals surface area contributed by atoms with Gasteiger partial charge in [-0.25, -0.2) is 4.98 Å². The molecule has 0 aliphatic carbocycles. The van der Waals surface area contributed by atoms with Gasteiger partial charge in [-0.15, -0.1) is 0 Å². The molecule has 0 spiro atoms. The lowest BCUT2D eigenvalue weighted by Crippen LogP contribution is -2.20. The van der Waals surface area contributed by atoms with E-state index in [1.165, 1.54) is 23.0 Å². The van der Waals surface area contributed by atoms with Gasteiger partial charge in [0.25, 0.3) is 11.2 Å². The number of rotatable bonds is 8. The van der Waals surface area contributed by atoms with Crippen LogP contribution in [0.25, 0.3) is 10.9 Å². The first-order valence-corrected chi connectivity index (χ1v) is 12.9. The molecule has 0 amide bonds. The summed E-state index contributed by atoms with van der Waals surface area (Å²) in [5.74, 6) is 1.04. The average molecular weight is 651 g/mol. The first-order valence-electron chi connectivity index (χ1n) is 10.9. The van der Waals surface area contributed by atoms with Gasteiger partial charge in [-0.3, -0.25) is 14.9 Å². The van der Waals surface area contributed by atoms with E-state index in [0.717, 1.165) is 4.47 Å². The number of fused-ring (bicyclic) bond motifs is 1. The second-order valence-corrected chi connectivity index (χ2v) is 9.84. The molecule has 37 heavy (non-hydrogen) atoms. The lowest BCUT2D eigenvalue weighted by atomic mass is 10.2. The Morgan fingerprint density at radius 3 is 2.70 bits per heavy atom. The van der Waals surface area contributed by atoms with E-state index in [1.807, 2.05) is 13.0 Å². The average Bonchev–Trinajstić information content (AvgIpc) is 2.87. The van der Waals surface area contributed by atoms with Crippen molar-refractivity contribution in [1.29, 1.82) is 0 Å². The molecular weight excluding hydrogens is 632 g/mol. The smallest absolute Gasteiger partial charge is 0.282 e. The van der Waals surface area contributed by atoms with Crippen LogP contribution in [0.15, 0.2) is 67.4 Å². The summed E-state index contributed by atoms with van der Waals surface area (Å²) in [7, 11) is 0. The third-order valence-corrected chi connectivity index (χ3v) is 7.18. The first kappa shape index (κ1) is 26.8. The van der Waals surface area contributed by atoms with Crippen molar-refractivity contribution >= 4 is 66.3 Å². The summed E-state index contributed by atoms with van der Waals surface area (Å²) < 4.78 is 14.1. The highest BCUT2D eigenvalue weighted by molar-refractivity contribution is 9.10. The molecule has 4 rings (SSSR count). The fraction of sp³-hybridized carbons (Fsp3) is 0.160. The minimum absolute atomic E-state index is 0.0360. The molecule has 0 aliphatic heterocycles. The lowest BCUT2D eigenvalue weighted by Gasteiger charge is -2.16. The summed E-state index contributed by atoms with van der Waals surface area (Å²) in [5.41, 5.74) is 1.36. The molecule has 0 bridgehead atoms. The molecule has 0 saturated carbocycles. The Labute approximate surface area is 233 Å². The van der Waals surface area contributed by atoms with Gasteiger partial charge in [0.15, 0.2) is 11.5 Å². The highest BCUT2D eigenvalue weighted by Gasteiger charge is 2.18. The predicted molar refractivity (Wildman–Crippen MR) is 149 cm³/mol. The van der Waals surface area contributed by atoms with E-state index >= 15 is 0 Å². The van der Waals surface area contributed by atoms with Crippen molar-refractivity contribution in [3.63, 3.8) is 0 Å². The molecule has 0 N–H and O–H groups in total. The fourth-order valence-electron chi connectivity index (χ4n) is 3.53. The summed E-state index contributed by atoms with van der Waals surface area (Å²) in [5, 5.41) is 16.1. The Hall–Kier alpha value is -3.28. The van der Waals surface area contributed by atoms with E-state index in [0.29, 0.717) is 44.7 Å². The van der Waals surface area contributed by atoms with Crippen LogP contribution in [0.4, 0.5) is 5.69 Å². The van der Waals surface area contributed by atoms with Crippen LogP contribution in [0.3, 0.4) is 0 Å². The fourth-order valence-corrected chi connectivity index (χ4v) is 4.54. The second-order valence-electron chi connectivity index (χ2n) is 7.75. The van der Waals surface area contributed by atoms with Gasteiger partial charge in [0.05, 0.1) is 28.6 Å². The Bertz CT molecular complexity index is 1610. The number of hydrogen-bond acceptors (Lipinski definition) is 7. The minimum Gasteiger partial charge on any atom is -0.490 e. The van der Waals surface area contributed by atoms with Crippen molar-refractivity contribution in [2.75, 3.05) is 6.61 Å². The molecule has 0 radical (unpaired) electrons. The summed E-state index contributed by atoms with van der Waals surface area (Å²) >= 11 is 13.5. The Balaban J connectivity index is 1.69. The van der Waals surface area contributed by atoms with Crippen LogP contribution in [-0.4, -0.2) is 27.4 Å². The molecule has 9 nitrogen and oxygen atoms in total. The van der Waals surface area contributed by atoms with Crippen LogP contribution < -0.4 is 15.0 Å². The summed E-state index contributed by atoms with van der Waals surface area (Å²) in [6.07, 6.45) is 1.47. The molecule has 190 valence electrons. The second kappa shape index (κ2) is 11.4. The molecule has 0 saturated heterocycles. The van der Waals surface area contributed by atoms with E-state index in [2.05, 4.69) is 41.9 Å². The first-order chi connectivity index (χ1) is 17.7. The van der Waals surface area contributed by atoms with E-state index in [9.17, 15) is 14.9 Å². The van der Waals surface area contributed by atoms with Gasteiger partial charge in [-0.05, 0) is 59.6 Å². The number of nitro benzene ring substituents is 1. The van der Waals surface area contributed by atoms with E-state index in [-0.39, 0.29) is 28.6 Å². The number of ether oxygens (including phenoxy) is 2. The number of aryl methyl sites for hydroxylation is 1. The van der Waals surface area contributed by atoms with Crippen LogP contribution >= 0.6 is 43.5 Å². The van der Waals surface area contributed by atoms with E-state index in [1.54, 1.807) is 37.3 Å². The van der Waals surface area contributed by atoms with Crippen LogP contribution in [0, 0.1) is 17.0 Å². The molecule has 0 atom stereocenters. The van der Waals surface area contributed by atoms with Gasteiger partial charge < -0.3 is 9.47 Å². The van der Waals surface area contributed by atoms with Gasteiger partial charge in [-0.2, -0.15) is 9.78 Å². The Morgan fingerprint density at radius 1 is 1.19 bits per heavy atom. The Morgan fingerprint density at radius 2 is 1.97 bits per heavy atom. The number of hydrogen-bond donors (Lipinski definition) is 0. The normalized spacial score (nSPS) is 11.3. The minimum atomic E-state index is -0.469. The Kier molecular flexibility index (Phi) is 8.25. The number of benzene rings is 3. The van der Waals surface area contributed by atoms with E-state index in [4.69, 9.17) is 21.1 Å². The van der Waals surface area contributed by atoms with Crippen molar-refractivity contribution in [1.82, 2.24) is 9.66 Å². The highest BCUT2D eigenvalue weighted by Crippen LogP contribution is 2.42. The van der Waals surface area contributed by atoms with Crippen molar-refractivity contribution < 1.29 is 14.4 Å². The third kappa shape index (κ3) is 5.84. The lowest BCUT2D eigenvalue weighted by molar-refractivity contribution is -0.384. The predicted octanol–water partition coefficient (Wildman–Crippen LogP) is 6.65. The van der Waals surface area contributed by atoms with Gasteiger partial charge >= 0.3 is 0 Å². The maximum atomic E-state index is 13.0. The molecular formula is C25H19Br2ClN4O5. The zero-order valence-corrected chi connectivity index (χ0v) is 23.5. The molecule has 1 heterocycles. The number of nitro groups is 1. The standard InChI is InChI=1S/C25H19Br2ClN4O5/c1-3-36-21-10-16(12-29-31-14(2)30-20-8-7-17(26)11-19(20)25(31)33)22(27)23(28)24(21)37-13-15-5-4-6-18(9-15)32(34)35/h4-12H,3,13H2,1-2H3. The zero-order chi connectivity index (χ0) is 26.7. The third-order valence-electron chi connectivity index (χ3n) is 5.24. The van der Waals surface area contributed by atoms with Crippen molar-refractivity contribution in [3.05, 3.63) is 99.9 Å². The topological polar surface area (TPSA) is 109 Å². The van der Waals surface area contributed by atoms with Crippen molar-refractivity contribution in [2.45, 2.75) is 20.5 Å². The van der Waals surface area contributed by atoms with Crippen LogP contribution in [-0.2, 0) is 6.61 Å². The molecule has 3 aromatic carbocycles. The molecule has 0 aliphatic rings. The van der Waals surface area contributed by atoms with Gasteiger partial charge in [0.2, 0.25) is 0 Å². The van der Waals surface area contributed by atoms with Gasteiger partial charge in [0.1, 0.15) is 17.5 Å².